The van der Waals surface area contributed by atoms with Gasteiger partial charge in [-0.25, -0.2) is 4.79 Å². The molecule has 0 N–H and O–H groups in total. The first kappa shape index (κ1) is 24.3. The molecule has 4 aromatic rings. The maximum absolute atomic E-state index is 13.5. The lowest BCUT2D eigenvalue weighted by Crippen LogP contribution is -2.32. The first-order valence-corrected chi connectivity index (χ1v) is 12.1. The number of rotatable bonds is 8. The van der Waals surface area contributed by atoms with Crippen LogP contribution in [0.5, 0.6) is 17.2 Å². The molecule has 6 nitrogen and oxygen atoms in total. The molecule has 1 amide bonds. The number of hydrogen-bond donors (Lipinski definition) is 0. The second kappa shape index (κ2) is 10.7. The predicted molar refractivity (Wildman–Crippen MR) is 140 cm³/mol. The molecule has 0 saturated heterocycles. The zero-order valence-electron chi connectivity index (χ0n) is 20.8. The Morgan fingerprint density at radius 1 is 0.784 bits per heavy atom. The van der Waals surface area contributed by atoms with Gasteiger partial charge in [0.2, 0.25) is 0 Å². The molecule has 37 heavy (non-hydrogen) atoms. The van der Waals surface area contributed by atoms with Gasteiger partial charge in [-0.3, -0.25) is 10.0 Å². The Morgan fingerprint density at radius 2 is 1.43 bits per heavy atom. The lowest BCUT2D eigenvalue weighted by Gasteiger charge is -2.25. The molecule has 187 valence electrons. The second-order valence-corrected chi connectivity index (χ2v) is 8.98. The van der Waals surface area contributed by atoms with Crippen LogP contribution in [-0.2, 0) is 22.9 Å². The van der Waals surface area contributed by atoms with Crippen LogP contribution in [0.3, 0.4) is 0 Å². The quantitative estimate of drug-likeness (QED) is 0.270. The van der Waals surface area contributed by atoms with Crippen molar-refractivity contribution >= 4 is 6.09 Å². The Kier molecular flexibility index (Phi) is 6.99. The second-order valence-electron chi connectivity index (χ2n) is 8.98. The monoisotopic (exact) mass is 494 g/mol. The Morgan fingerprint density at radius 3 is 2.05 bits per heavy atom. The van der Waals surface area contributed by atoms with Crippen LogP contribution in [0.4, 0.5) is 4.79 Å². The highest BCUT2D eigenvalue weighted by Crippen LogP contribution is 2.44. The van der Waals surface area contributed by atoms with E-state index in [0.717, 1.165) is 22.3 Å². The SMILES string of the molecule is COc1ccc(CN(Cc2ccc([O])cc2)C(=O)OCC2c3ccccc3-c3ccccc32)c(OC)c1. The molecule has 6 heteroatoms. The molecular weight excluding hydrogens is 466 g/mol. The van der Waals surface area contributed by atoms with Gasteiger partial charge in [0, 0.05) is 24.1 Å². The van der Waals surface area contributed by atoms with Crippen molar-refractivity contribution in [3.8, 4) is 28.4 Å². The standard InChI is InChI=1S/C31H28NO5/c1-35-24-16-13-22(30(17-24)36-2)19-32(18-21-11-14-23(33)15-12-21)31(34)37-20-29-27-9-5-3-7-25(27)26-8-4-6-10-28(26)29/h3-17,29H,18-20H2,1-2H3. The van der Waals surface area contributed by atoms with E-state index in [-0.39, 0.29) is 31.4 Å². The molecule has 4 aromatic carbocycles. The highest BCUT2D eigenvalue weighted by atomic mass is 16.6. The van der Waals surface area contributed by atoms with Crippen LogP contribution in [-0.4, -0.2) is 31.8 Å². The van der Waals surface area contributed by atoms with Gasteiger partial charge in [0.1, 0.15) is 18.1 Å². The molecule has 1 aliphatic carbocycles. The first-order valence-electron chi connectivity index (χ1n) is 12.1. The summed E-state index contributed by atoms with van der Waals surface area (Å²) in [5.41, 5.74) is 6.32. The number of hydrogen-bond acceptors (Lipinski definition) is 4. The number of ether oxygens (including phenoxy) is 3. The molecule has 0 fully saturated rings. The molecule has 1 radical (unpaired) electrons. The topological polar surface area (TPSA) is 67.9 Å². The summed E-state index contributed by atoms with van der Waals surface area (Å²) in [7, 11) is 3.18. The van der Waals surface area contributed by atoms with Crippen molar-refractivity contribution in [2.24, 2.45) is 0 Å². The summed E-state index contributed by atoms with van der Waals surface area (Å²) in [6.07, 6.45) is -0.439. The van der Waals surface area contributed by atoms with Crippen molar-refractivity contribution in [3.05, 3.63) is 113 Å². The van der Waals surface area contributed by atoms with Crippen molar-refractivity contribution in [1.29, 1.82) is 0 Å². The van der Waals surface area contributed by atoms with Crippen LogP contribution in [0.15, 0.2) is 91.0 Å². The third-order valence-corrected chi connectivity index (χ3v) is 6.75. The van der Waals surface area contributed by atoms with Crippen molar-refractivity contribution in [2.75, 3.05) is 20.8 Å². The van der Waals surface area contributed by atoms with Crippen LogP contribution in [0, 0.1) is 0 Å². The summed E-state index contributed by atoms with van der Waals surface area (Å²) in [6.45, 7) is 0.776. The van der Waals surface area contributed by atoms with Crippen molar-refractivity contribution in [2.45, 2.75) is 19.0 Å². The zero-order valence-corrected chi connectivity index (χ0v) is 20.8. The Hall–Kier alpha value is -4.45. The summed E-state index contributed by atoms with van der Waals surface area (Å²) < 4.78 is 16.8. The largest absolute Gasteiger partial charge is 0.497 e. The number of carbonyl (C=O) groups is 1. The Labute approximate surface area is 216 Å². The van der Waals surface area contributed by atoms with E-state index in [2.05, 4.69) is 24.3 Å². The van der Waals surface area contributed by atoms with Gasteiger partial charge in [-0.05, 0) is 52.1 Å². The summed E-state index contributed by atoms with van der Waals surface area (Å²) in [6, 6.07) is 28.5. The van der Waals surface area contributed by atoms with Crippen molar-refractivity contribution in [3.63, 3.8) is 0 Å². The number of carbonyl (C=O) groups excluding carboxylic acids is 1. The third kappa shape index (κ3) is 5.09. The molecule has 0 spiro atoms. The van der Waals surface area contributed by atoms with E-state index in [0.29, 0.717) is 11.5 Å². The van der Waals surface area contributed by atoms with E-state index in [9.17, 15) is 9.90 Å². The number of fused-ring (bicyclic) bond motifs is 3. The number of nitrogens with zero attached hydrogens (tertiary/aromatic N) is 1. The minimum atomic E-state index is -0.439. The van der Waals surface area contributed by atoms with Gasteiger partial charge in [0.05, 0.1) is 20.8 Å². The fourth-order valence-electron chi connectivity index (χ4n) is 4.87. The third-order valence-electron chi connectivity index (χ3n) is 6.75. The minimum absolute atomic E-state index is 0.0338. The molecule has 1 aliphatic rings. The highest BCUT2D eigenvalue weighted by Gasteiger charge is 2.30. The van der Waals surface area contributed by atoms with E-state index >= 15 is 0 Å². The molecule has 0 unspecified atom stereocenters. The maximum atomic E-state index is 13.5. The molecule has 0 aliphatic heterocycles. The average molecular weight is 495 g/mol. The molecule has 0 heterocycles. The van der Waals surface area contributed by atoms with Crippen LogP contribution in [0.1, 0.15) is 28.2 Å². The lowest BCUT2D eigenvalue weighted by molar-refractivity contribution is 0.0943. The molecule has 0 aromatic heterocycles. The number of amides is 1. The van der Waals surface area contributed by atoms with Gasteiger partial charge in [-0.2, -0.15) is 0 Å². The van der Waals surface area contributed by atoms with Gasteiger partial charge < -0.3 is 14.2 Å². The van der Waals surface area contributed by atoms with Gasteiger partial charge >= 0.3 is 6.09 Å². The fraction of sp³-hybridized carbons (Fsp3) is 0.194. The predicted octanol–water partition coefficient (Wildman–Crippen LogP) is 6.80. The van der Waals surface area contributed by atoms with Crippen LogP contribution >= 0.6 is 0 Å². The van der Waals surface area contributed by atoms with E-state index in [1.165, 1.54) is 23.3 Å². The van der Waals surface area contributed by atoms with Crippen LogP contribution < -0.4 is 9.47 Å². The zero-order chi connectivity index (χ0) is 25.8. The average Bonchev–Trinajstić information content (AvgIpc) is 3.26. The molecule has 5 rings (SSSR count). The smallest absolute Gasteiger partial charge is 0.410 e. The van der Waals surface area contributed by atoms with E-state index < -0.39 is 6.09 Å². The Bertz CT molecular complexity index is 1350. The van der Waals surface area contributed by atoms with Gasteiger partial charge in [0.25, 0.3) is 0 Å². The van der Waals surface area contributed by atoms with Crippen molar-refractivity contribution < 1.29 is 24.1 Å². The summed E-state index contributed by atoms with van der Waals surface area (Å²) in [5, 5.41) is 11.6. The summed E-state index contributed by atoms with van der Waals surface area (Å²) in [5.74, 6) is 1.17. The van der Waals surface area contributed by atoms with Gasteiger partial charge in [-0.1, -0.05) is 60.7 Å². The van der Waals surface area contributed by atoms with E-state index in [1.807, 2.05) is 36.4 Å². The van der Waals surface area contributed by atoms with E-state index in [1.54, 1.807) is 37.3 Å². The van der Waals surface area contributed by atoms with Crippen molar-refractivity contribution in [1.82, 2.24) is 4.90 Å². The maximum Gasteiger partial charge on any atom is 0.410 e. The number of methoxy groups -OCH3 is 2. The molecule has 0 atom stereocenters. The fourth-order valence-corrected chi connectivity index (χ4v) is 4.87. The molecule has 0 saturated carbocycles. The normalized spacial score (nSPS) is 11.9. The van der Waals surface area contributed by atoms with Gasteiger partial charge in [-0.15, -0.1) is 0 Å². The van der Waals surface area contributed by atoms with E-state index in [4.69, 9.17) is 14.2 Å². The van der Waals surface area contributed by atoms with Crippen LogP contribution in [0.2, 0.25) is 0 Å². The Balaban J connectivity index is 1.39. The number of benzene rings is 4. The summed E-state index contributed by atoms with van der Waals surface area (Å²) in [4.78, 5) is 15.1. The van der Waals surface area contributed by atoms with Gasteiger partial charge in [0.15, 0.2) is 5.75 Å². The minimum Gasteiger partial charge on any atom is -0.497 e. The molecule has 0 bridgehead atoms. The summed E-state index contributed by atoms with van der Waals surface area (Å²) >= 11 is 0. The lowest BCUT2D eigenvalue weighted by atomic mass is 9.98. The molecular formula is C31H28NO5. The van der Waals surface area contributed by atoms with Crippen LogP contribution in [0.25, 0.3) is 11.1 Å². The first-order chi connectivity index (χ1) is 18.1. The highest BCUT2D eigenvalue weighted by molar-refractivity contribution is 5.79.